The number of anilines is 1. The van der Waals surface area contributed by atoms with Gasteiger partial charge < -0.3 is 25.1 Å². The quantitative estimate of drug-likeness (QED) is 0.594. The number of methoxy groups -OCH3 is 1. The van der Waals surface area contributed by atoms with Crippen molar-refractivity contribution in [3.05, 3.63) is 47.4 Å². The highest BCUT2D eigenvalue weighted by Gasteiger charge is 2.39. The first kappa shape index (κ1) is 23.0. The van der Waals surface area contributed by atoms with E-state index >= 15 is 0 Å². The molecule has 0 unspecified atom stereocenters. The highest BCUT2D eigenvalue weighted by atomic mass is 16.5. The highest BCUT2D eigenvalue weighted by molar-refractivity contribution is 5.92. The average Bonchev–Trinajstić information content (AvgIpc) is 3.44. The third kappa shape index (κ3) is 4.21. The van der Waals surface area contributed by atoms with Crippen molar-refractivity contribution < 1.29 is 14.3 Å². The third-order valence-electron chi connectivity index (χ3n) is 7.28. The van der Waals surface area contributed by atoms with E-state index in [4.69, 9.17) is 20.2 Å². The topological polar surface area (TPSA) is 104 Å². The summed E-state index contributed by atoms with van der Waals surface area (Å²) >= 11 is 0. The maximum atomic E-state index is 11.7. The van der Waals surface area contributed by atoms with Crippen LogP contribution in [0.5, 0.6) is 0 Å². The third-order valence-corrected chi connectivity index (χ3v) is 7.28. The van der Waals surface area contributed by atoms with Crippen molar-refractivity contribution in [2.75, 3.05) is 25.6 Å². The second-order valence-corrected chi connectivity index (χ2v) is 9.72. The van der Waals surface area contributed by atoms with E-state index in [0.29, 0.717) is 24.9 Å². The van der Waals surface area contributed by atoms with Crippen molar-refractivity contribution in [3.8, 4) is 5.82 Å². The average molecular weight is 464 g/mol. The molecule has 2 aliphatic rings. The van der Waals surface area contributed by atoms with Gasteiger partial charge in [0.15, 0.2) is 0 Å². The van der Waals surface area contributed by atoms with Crippen LogP contribution in [0.15, 0.2) is 30.6 Å². The van der Waals surface area contributed by atoms with Crippen LogP contribution in [0.25, 0.3) is 16.7 Å². The second kappa shape index (κ2) is 9.09. The number of carbonyl (C=O) groups excluding carboxylic acids is 1. The summed E-state index contributed by atoms with van der Waals surface area (Å²) in [4.78, 5) is 21.3. The Labute approximate surface area is 199 Å². The Kier molecular flexibility index (Phi) is 6.14. The number of aryl methyl sites for hydroxylation is 1. The molecule has 1 aliphatic heterocycles. The van der Waals surface area contributed by atoms with Gasteiger partial charge in [-0.2, -0.15) is 0 Å². The summed E-state index contributed by atoms with van der Waals surface area (Å²) in [6, 6.07) is 6.39. The Bertz CT molecular complexity index is 1210. The summed E-state index contributed by atoms with van der Waals surface area (Å²) < 4.78 is 13.7. The lowest BCUT2D eigenvalue weighted by Gasteiger charge is -2.26. The number of aromatic nitrogens is 3. The number of nitrogens with zero attached hydrogens (tertiary/aromatic N) is 3. The van der Waals surface area contributed by atoms with Gasteiger partial charge >= 0.3 is 0 Å². The number of rotatable bonds is 5. The molecule has 1 amide bonds. The number of carbonyl (C=O) groups is 1. The van der Waals surface area contributed by atoms with Crippen molar-refractivity contribution in [1.82, 2.24) is 14.5 Å². The molecule has 1 atom stereocenters. The first-order valence-corrected chi connectivity index (χ1v) is 12.0. The molecule has 34 heavy (non-hydrogen) atoms. The number of nitrogens with two attached hydrogens (primary N) is 1. The molecule has 4 heterocycles. The standard InChI is InChI=1S/C26H33N5O3/c1-16-10-23(26(33-3)8-9-34-15-26)30-25(11-16)31-14-21(18-4-6-19(27)7-5-18)20-13-28-24(12-22(20)31)29-17(2)32/h10-14,18-19H,4-9,15,27H2,1-3H3,(H,28,29,32)/t18?,19?,26-/m0/s1. The monoisotopic (exact) mass is 463 g/mol. The smallest absolute Gasteiger partial charge is 0.222 e. The highest BCUT2D eigenvalue weighted by Crippen LogP contribution is 2.39. The number of hydrogen-bond acceptors (Lipinski definition) is 6. The van der Waals surface area contributed by atoms with Crippen LogP contribution >= 0.6 is 0 Å². The van der Waals surface area contributed by atoms with Gasteiger partial charge in [0.05, 0.1) is 17.8 Å². The zero-order valence-corrected chi connectivity index (χ0v) is 20.1. The Morgan fingerprint density at radius 2 is 2.06 bits per heavy atom. The molecule has 0 bridgehead atoms. The van der Waals surface area contributed by atoms with Crippen LogP contribution in [0.3, 0.4) is 0 Å². The minimum Gasteiger partial charge on any atom is -0.378 e. The summed E-state index contributed by atoms with van der Waals surface area (Å²) in [6.45, 7) is 4.72. The minimum absolute atomic E-state index is 0.148. The lowest BCUT2D eigenvalue weighted by Crippen LogP contribution is -2.30. The van der Waals surface area contributed by atoms with E-state index in [1.165, 1.54) is 12.5 Å². The minimum atomic E-state index is -0.533. The molecule has 3 aromatic rings. The molecule has 3 aromatic heterocycles. The molecule has 180 valence electrons. The van der Waals surface area contributed by atoms with E-state index in [1.807, 2.05) is 12.3 Å². The summed E-state index contributed by atoms with van der Waals surface area (Å²) in [5, 5.41) is 3.90. The number of nitrogens with one attached hydrogen (secondary N) is 1. The zero-order chi connectivity index (χ0) is 23.9. The van der Waals surface area contributed by atoms with E-state index < -0.39 is 5.60 Å². The second-order valence-electron chi connectivity index (χ2n) is 9.72. The molecule has 1 aliphatic carbocycles. The van der Waals surface area contributed by atoms with Crippen LogP contribution in [-0.4, -0.2) is 46.8 Å². The van der Waals surface area contributed by atoms with Crippen LogP contribution < -0.4 is 11.1 Å². The van der Waals surface area contributed by atoms with E-state index in [1.54, 1.807) is 7.11 Å². The Morgan fingerprint density at radius 1 is 1.26 bits per heavy atom. The van der Waals surface area contributed by atoms with Crippen molar-refractivity contribution in [3.63, 3.8) is 0 Å². The van der Waals surface area contributed by atoms with Gasteiger partial charge in [0, 0.05) is 56.9 Å². The van der Waals surface area contributed by atoms with Crippen LogP contribution in [0, 0.1) is 6.92 Å². The van der Waals surface area contributed by atoms with E-state index in [-0.39, 0.29) is 11.9 Å². The summed E-state index contributed by atoms with van der Waals surface area (Å²) in [5.74, 6) is 1.63. The fraction of sp³-hybridized carbons (Fsp3) is 0.500. The molecule has 2 fully saturated rings. The van der Waals surface area contributed by atoms with E-state index in [2.05, 4.69) is 40.1 Å². The molecular weight excluding hydrogens is 430 g/mol. The van der Waals surface area contributed by atoms with E-state index in [0.717, 1.165) is 60.1 Å². The van der Waals surface area contributed by atoms with Crippen molar-refractivity contribution in [2.24, 2.45) is 5.73 Å². The number of fused-ring (bicyclic) bond motifs is 1. The van der Waals surface area contributed by atoms with E-state index in [9.17, 15) is 4.79 Å². The molecule has 8 heteroatoms. The number of pyridine rings is 2. The normalized spacial score (nSPS) is 25.1. The van der Waals surface area contributed by atoms with Gasteiger partial charge in [-0.3, -0.25) is 4.79 Å². The Balaban J connectivity index is 1.65. The molecule has 8 nitrogen and oxygen atoms in total. The van der Waals surface area contributed by atoms with Crippen molar-refractivity contribution in [1.29, 1.82) is 0 Å². The predicted octanol–water partition coefficient (Wildman–Crippen LogP) is 3.93. The fourth-order valence-corrected chi connectivity index (χ4v) is 5.36. The summed E-state index contributed by atoms with van der Waals surface area (Å²) in [7, 11) is 1.72. The van der Waals surface area contributed by atoms with Crippen LogP contribution in [-0.2, 0) is 19.9 Å². The van der Waals surface area contributed by atoms with Gasteiger partial charge in [-0.1, -0.05) is 0 Å². The first-order valence-electron chi connectivity index (χ1n) is 12.0. The SMILES string of the molecule is CO[C@@]1(c2cc(C)cc(-n3cc(C4CCC(N)CC4)c4cnc(NC(C)=O)cc43)n2)CCOC1. The molecule has 0 spiro atoms. The number of amides is 1. The lowest BCUT2D eigenvalue weighted by molar-refractivity contribution is -0.114. The zero-order valence-electron chi connectivity index (χ0n) is 20.1. The molecule has 3 N–H and O–H groups in total. The molecular formula is C26H33N5O3. The predicted molar refractivity (Wildman–Crippen MR) is 131 cm³/mol. The van der Waals surface area contributed by atoms with Gasteiger partial charge in [-0.15, -0.1) is 0 Å². The summed E-state index contributed by atoms with van der Waals surface area (Å²) in [6.07, 6.45) is 9.02. The van der Waals surface area contributed by atoms with Gasteiger partial charge in [-0.05, 0) is 61.8 Å². The number of hydrogen-bond donors (Lipinski definition) is 2. The largest absolute Gasteiger partial charge is 0.378 e. The Hall–Kier alpha value is -2.81. The van der Waals surface area contributed by atoms with Crippen LogP contribution in [0.2, 0.25) is 0 Å². The fourth-order valence-electron chi connectivity index (χ4n) is 5.36. The Morgan fingerprint density at radius 3 is 2.74 bits per heavy atom. The van der Waals surface area contributed by atoms with Crippen LogP contribution in [0.4, 0.5) is 5.82 Å². The van der Waals surface area contributed by atoms with Crippen LogP contribution in [0.1, 0.15) is 61.8 Å². The van der Waals surface area contributed by atoms with Crippen molar-refractivity contribution >= 4 is 22.6 Å². The molecule has 0 radical (unpaired) electrons. The summed E-state index contributed by atoms with van der Waals surface area (Å²) in [5.41, 5.74) is 9.87. The lowest BCUT2D eigenvalue weighted by atomic mass is 9.82. The van der Waals surface area contributed by atoms with Gasteiger partial charge in [0.2, 0.25) is 5.91 Å². The van der Waals surface area contributed by atoms with Gasteiger partial charge in [-0.25, -0.2) is 9.97 Å². The maximum absolute atomic E-state index is 11.7. The molecule has 5 rings (SSSR count). The molecule has 0 aromatic carbocycles. The first-order chi connectivity index (χ1) is 16.4. The van der Waals surface area contributed by atoms with Crippen molar-refractivity contribution in [2.45, 2.75) is 63.5 Å². The van der Waals surface area contributed by atoms with Gasteiger partial charge in [0.1, 0.15) is 17.2 Å². The maximum Gasteiger partial charge on any atom is 0.222 e. The number of ether oxygens (including phenoxy) is 2. The van der Waals surface area contributed by atoms with Gasteiger partial charge in [0.25, 0.3) is 0 Å². The molecule has 1 saturated carbocycles. The molecule has 1 saturated heterocycles.